The number of nitrogens with zero attached hydrogens (tertiary/aromatic N) is 1. The maximum atomic E-state index is 13.2. The molecule has 4 N–H and O–H groups in total. The second-order valence-corrected chi connectivity index (χ2v) is 4.94. The molecule has 1 aliphatic carbocycles. The summed E-state index contributed by atoms with van der Waals surface area (Å²) in [6.45, 7) is 0.606. The molecule has 4 nitrogen and oxygen atoms in total. The molecule has 1 aromatic heterocycles. The lowest BCUT2D eigenvalue weighted by atomic mass is 10.1. The fourth-order valence-electron chi connectivity index (χ4n) is 2.14. The second-order valence-electron chi connectivity index (χ2n) is 4.94. The minimum Gasteiger partial charge on any atom is -0.370 e. The normalized spacial score (nSPS) is 15.9. The van der Waals surface area contributed by atoms with Gasteiger partial charge in [-0.2, -0.15) is 0 Å². The van der Waals surface area contributed by atoms with E-state index in [1.165, 1.54) is 18.9 Å². The number of guanidine groups is 1. The Kier molecular flexibility index (Phi) is 3.11. The molecule has 1 aromatic carbocycles. The molecule has 0 radical (unpaired) electrons. The molecule has 2 aromatic rings. The van der Waals surface area contributed by atoms with Crippen LogP contribution in [0.25, 0.3) is 10.9 Å². The van der Waals surface area contributed by atoms with E-state index in [0.29, 0.717) is 18.5 Å². The summed E-state index contributed by atoms with van der Waals surface area (Å²) in [5.74, 6) is 0.292. The van der Waals surface area contributed by atoms with Gasteiger partial charge in [-0.05, 0) is 43.0 Å². The first-order valence-corrected chi connectivity index (χ1v) is 6.54. The largest absolute Gasteiger partial charge is 0.370 e. The topological polar surface area (TPSA) is 66.2 Å². The predicted molar refractivity (Wildman–Crippen MR) is 74.6 cm³/mol. The summed E-state index contributed by atoms with van der Waals surface area (Å²) in [7, 11) is 0. The Labute approximate surface area is 110 Å². The Morgan fingerprint density at radius 1 is 1.47 bits per heavy atom. The highest BCUT2D eigenvalue weighted by molar-refractivity contribution is 5.83. The third-order valence-corrected chi connectivity index (χ3v) is 3.32. The number of H-pyrrole nitrogens is 1. The van der Waals surface area contributed by atoms with Gasteiger partial charge in [-0.25, -0.2) is 4.39 Å². The molecule has 100 valence electrons. The van der Waals surface area contributed by atoms with E-state index in [1.807, 2.05) is 6.20 Å². The van der Waals surface area contributed by atoms with Crippen molar-refractivity contribution in [2.45, 2.75) is 25.3 Å². The molecular formula is C14H17FN4. The fourth-order valence-corrected chi connectivity index (χ4v) is 2.14. The van der Waals surface area contributed by atoms with Crippen LogP contribution in [0.4, 0.5) is 4.39 Å². The summed E-state index contributed by atoms with van der Waals surface area (Å²) in [6.07, 6.45) is 5.01. The Morgan fingerprint density at radius 3 is 3.11 bits per heavy atom. The summed E-state index contributed by atoms with van der Waals surface area (Å²) in [4.78, 5) is 7.42. The molecule has 19 heavy (non-hydrogen) atoms. The van der Waals surface area contributed by atoms with E-state index >= 15 is 0 Å². The summed E-state index contributed by atoms with van der Waals surface area (Å²) in [5, 5.41) is 4.06. The van der Waals surface area contributed by atoms with Gasteiger partial charge >= 0.3 is 0 Å². The molecule has 1 heterocycles. The molecule has 0 spiro atoms. The summed E-state index contributed by atoms with van der Waals surface area (Å²) in [5.41, 5.74) is 7.78. The molecule has 1 aliphatic rings. The quantitative estimate of drug-likeness (QED) is 0.581. The number of hydrogen-bond donors (Lipinski definition) is 3. The first-order valence-electron chi connectivity index (χ1n) is 6.54. The number of halogens is 1. The van der Waals surface area contributed by atoms with Crippen LogP contribution in [0.3, 0.4) is 0 Å². The van der Waals surface area contributed by atoms with E-state index in [-0.39, 0.29) is 5.82 Å². The van der Waals surface area contributed by atoms with Gasteiger partial charge in [0.05, 0.1) is 0 Å². The smallest absolute Gasteiger partial charge is 0.188 e. The highest BCUT2D eigenvalue weighted by Gasteiger charge is 2.21. The van der Waals surface area contributed by atoms with Crippen LogP contribution >= 0.6 is 0 Å². The molecule has 0 amide bonds. The maximum absolute atomic E-state index is 13.2. The third-order valence-electron chi connectivity index (χ3n) is 3.32. The monoisotopic (exact) mass is 260 g/mol. The van der Waals surface area contributed by atoms with Crippen molar-refractivity contribution in [2.75, 3.05) is 6.54 Å². The molecule has 1 saturated carbocycles. The third kappa shape index (κ3) is 2.86. The van der Waals surface area contributed by atoms with E-state index in [1.54, 1.807) is 12.1 Å². The Balaban J connectivity index is 1.66. The first-order chi connectivity index (χ1) is 9.22. The highest BCUT2D eigenvalue weighted by atomic mass is 19.1. The Bertz CT molecular complexity index is 613. The number of aromatic amines is 1. The highest BCUT2D eigenvalue weighted by Crippen LogP contribution is 2.20. The van der Waals surface area contributed by atoms with Crippen LogP contribution in [0.2, 0.25) is 0 Å². The maximum Gasteiger partial charge on any atom is 0.188 e. The lowest BCUT2D eigenvalue weighted by Gasteiger charge is -2.02. The van der Waals surface area contributed by atoms with Crippen molar-refractivity contribution in [1.29, 1.82) is 0 Å². The molecule has 0 bridgehead atoms. The zero-order chi connectivity index (χ0) is 13.2. The van der Waals surface area contributed by atoms with Crippen LogP contribution in [0.1, 0.15) is 18.4 Å². The van der Waals surface area contributed by atoms with Gasteiger partial charge in [0.15, 0.2) is 5.96 Å². The van der Waals surface area contributed by atoms with Gasteiger partial charge in [-0.1, -0.05) is 0 Å². The SMILES string of the molecule is NC(=NCCc1c[nH]c2ccc(F)cc12)NC1CC1. The molecule has 3 rings (SSSR count). The standard InChI is InChI=1S/C14H17FN4/c15-10-1-4-13-12(7-10)9(8-18-13)5-6-17-14(16)19-11-2-3-11/h1,4,7-8,11,18H,2-3,5-6H2,(H3,16,17,19). The van der Waals surface area contributed by atoms with Crippen molar-refractivity contribution in [3.8, 4) is 0 Å². The van der Waals surface area contributed by atoms with Crippen LogP contribution in [0.15, 0.2) is 29.4 Å². The molecular weight excluding hydrogens is 243 g/mol. The molecule has 0 unspecified atom stereocenters. The van der Waals surface area contributed by atoms with Crippen LogP contribution in [-0.4, -0.2) is 23.5 Å². The number of aliphatic imine (C=N–C) groups is 1. The number of nitrogens with two attached hydrogens (primary N) is 1. The van der Waals surface area contributed by atoms with E-state index in [9.17, 15) is 4.39 Å². The van der Waals surface area contributed by atoms with Crippen molar-refractivity contribution in [3.05, 3.63) is 35.8 Å². The first kappa shape index (κ1) is 12.0. The van der Waals surface area contributed by atoms with Gasteiger partial charge in [-0.3, -0.25) is 4.99 Å². The average Bonchev–Trinajstić information content (AvgIpc) is 3.10. The summed E-state index contributed by atoms with van der Waals surface area (Å²) in [6, 6.07) is 5.28. The fraction of sp³-hybridized carbons (Fsp3) is 0.357. The number of hydrogen-bond acceptors (Lipinski definition) is 1. The van der Waals surface area contributed by atoms with Crippen LogP contribution in [-0.2, 0) is 6.42 Å². The van der Waals surface area contributed by atoms with Crippen molar-refractivity contribution in [2.24, 2.45) is 10.7 Å². The molecule has 1 fully saturated rings. The predicted octanol–water partition coefficient (Wildman–Crippen LogP) is 1.92. The van der Waals surface area contributed by atoms with Crippen molar-refractivity contribution in [3.63, 3.8) is 0 Å². The average molecular weight is 260 g/mol. The van der Waals surface area contributed by atoms with Gasteiger partial charge < -0.3 is 16.0 Å². The van der Waals surface area contributed by atoms with E-state index in [2.05, 4.69) is 15.3 Å². The van der Waals surface area contributed by atoms with Crippen LogP contribution in [0, 0.1) is 5.82 Å². The molecule has 0 atom stereocenters. The second kappa shape index (κ2) is 4.91. The minimum absolute atomic E-state index is 0.216. The van der Waals surface area contributed by atoms with Crippen LogP contribution < -0.4 is 11.1 Å². The van der Waals surface area contributed by atoms with Gasteiger partial charge in [0.2, 0.25) is 0 Å². The zero-order valence-electron chi connectivity index (χ0n) is 10.6. The van der Waals surface area contributed by atoms with E-state index in [0.717, 1.165) is 22.9 Å². The van der Waals surface area contributed by atoms with Crippen molar-refractivity contribution < 1.29 is 4.39 Å². The van der Waals surface area contributed by atoms with Crippen molar-refractivity contribution >= 4 is 16.9 Å². The van der Waals surface area contributed by atoms with Crippen LogP contribution in [0.5, 0.6) is 0 Å². The summed E-state index contributed by atoms with van der Waals surface area (Å²) < 4.78 is 13.2. The van der Waals surface area contributed by atoms with E-state index in [4.69, 9.17) is 5.73 Å². The van der Waals surface area contributed by atoms with Gasteiger partial charge in [-0.15, -0.1) is 0 Å². The molecule has 0 saturated heterocycles. The number of rotatable bonds is 4. The lowest BCUT2D eigenvalue weighted by molar-refractivity contribution is 0.629. The molecule has 0 aliphatic heterocycles. The number of benzene rings is 1. The summed E-state index contributed by atoms with van der Waals surface area (Å²) >= 11 is 0. The number of nitrogens with one attached hydrogen (secondary N) is 2. The van der Waals surface area contributed by atoms with Gasteiger partial charge in [0, 0.05) is 29.7 Å². The minimum atomic E-state index is -0.216. The van der Waals surface area contributed by atoms with Gasteiger partial charge in [0.1, 0.15) is 5.82 Å². The number of aromatic nitrogens is 1. The van der Waals surface area contributed by atoms with Crippen molar-refractivity contribution in [1.82, 2.24) is 10.3 Å². The lowest BCUT2D eigenvalue weighted by Crippen LogP contribution is -2.33. The zero-order valence-corrected chi connectivity index (χ0v) is 10.6. The number of fused-ring (bicyclic) bond motifs is 1. The van der Waals surface area contributed by atoms with E-state index < -0.39 is 0 Å². The Morgan fingerprint density at radius 2 is 2.32 bits per heavy atom. The molecule has 5 heteroatoms. The Hall–Kier alpha value is -2.04. The van der Waals surface area contributed by atoms with Gasteiger partial charge in [0.25, 0.3) is 0 Å².